The number of nitrogens with zero attached hydrogens (tertiary/aromatic N) is 16. The van der Waals surface area contributed by atoms with Crippen LogP contribution >= 0.6 is 11.6 Å². The molecule has 0 amide bonds. The van der Waals surface area contributed by atoms with Gasteiger partial charge in [-0.1, -0.05) is 29.8 Å². The van der Waals surface area contributed by atoms with Gasteiger partial charge in [0.2, 0.25) is 5.88 Å². The lowest BCUT2D eigenvalue weighted by atomic mass is 10.1. The largest absolute Gasteiger partial charge is 0.504 e. The first kappa shape index (κ1) is 90.3. The molecule has 38 heteroatoms. The molecular weight excluding hydrogens is 1760 g/mol. The molecule has 13 aromatic heterocycles. The zero-order chi connectivity index (χ0) is 93.2. The van der Waals surface area contributed by atoms with Crippen molar-refractivity contribution < 1.29 is 41.6 Å². The number of rotatable bonds is 16. The number of piperazine rings is 5. The first-order valence-corrected chi connectivity index (χ1v) is 44.4. The fraction of sp³-hybridized carbons (Fsp3) is 0.247. The van der Waals surface area contributed by atoms with Gasteiger partial charge in [0.1, 0.15) is 33.3 Å². The van der Waals surface area contributed by atoms with Crippen molar-refractivity contribution in [3.8, 4) is 85.2 Å². The Bertz CT molecular complexity index is 7330. The van der Waals surface area contributed by atoms with Crippen LogP contribution in [0.3, 0.4) is 0 Å². The van der Waals surface area contributed by atoms with Crippen molar-refractivity contribution in [2.45, 2.75) is 13.2 Å². The molecule has 5 saturated heterocycles. The van der Waals surface area contributed by atoms with Gasteiger partial charge in [-0.2, -0.15) is 17.6 Å². The van der Waals surface area contributed by atoms with E-state index in [4.69, 9.17) is 31.0 Å². The lowest BCUT2D eigenvalue weighted by Gasteiger charge is -2.29. The molecule has 8 N–H and O–H groups in total. The predicted molar refractivity (Wildman–Crippen MR) is 514 cm³/mol. The van der Waals surface area contributed by atoms with Crippen molar-refractivity contribution in [2.24, 2.45) is 0 Å². The van der Waals surface area contributed by atoms with Crippen molar-refractivity contribution >= 4 is 90.1 Å². The molecule has 33 nitrogen and oxygen atoms in total. The molecule has 0 saturated carbocycles. The van der Waals surface area contributed by atoms with Crippen molar-refractivity contribution in [1.82, 2.24) is 88.5 Å². The number of phenols is 1. The number of phenolic OH excluding ortho intramolecular Hbond substituents is 1. The van der Waals surface area contributed by atoms with Crippen LogP contribution in [0.4, 0.5) is 46.0 Å². The van der Waals surface area contributed by atoms with E-state index < -0.39 is 19.0 Å². The summed E-state index contributed by atoms with van der Waals surface area (Å²) in [6.07, 6.45) is 14.6. The molecule has 0 bridgehead atoms. The Morgan fingerprint density at radius 3 is 1.03 bits per heavy atom. The normalized spacial score (nSPS) is 14.7. The third-order valence-corrected chi connectivity index (χ3v) is 24.0. The third kappa shape index (κ3) is 20.8. The summed E-state index contributed by atoms with van der Waals surface area (Å²) >= 11 is 6.13. The van der Waals surface area contributed by atoms with Crippen molar-refractivity contribution in [2.75, 3.05) is 170 Å². The Balaban J connectivity index is 0.000000113. The molecule has 0 atom stereocenters. The van der Waals surface area contributed by atoms with Crippen molar-refractivity contribution in [1.29, 1.82) is 0 Å². The van der Waals surface area contributed by atoms with Crippen LogP contribution in [0.5, 0.6) is 28.9 Å². The molecular formula is C97H94ClF4N23O10. The molecule has 5 fully saturated rings. The molecule has 0 unspecified atom stereocenters. The van der Waals surface area contributed by atoms with Gasteiger partial charge >= 0.3 is 13.2 Å². The molecule has 22 rings (SSSR count). The first-order chi connectivity index (χ1) is 65.8. The summed E-state index contributed by atoms with van der Waals surface area (Å²) in [5.74, 6) is -0.386. The number of fused-ring (bicyclic) bond motifs is 7. The van der Waals surface area contributed by atoms with Crippen LogP contribution in [0.2, 0.25) is 5.02 Å². The van der Waals surface area contributed by atoms with E-state index in [2.05, 4.69) is 96.5 Å². The molecule has 0 radical (unpaired) electrons. The molecule has 0 spiro atoms. The monoisotopic (exact) mass is 1850 g/mol. The van der Waals surface area contributed by atoms with E-state index in [0.717, 1.165) is 192 Å². The van der Waals surface area contributed by atoms with Crippen molar-refractivity contribution in [3.05, 3.63) is 288 Å². The summed E-state index contributed by atoms with van der Waals surface area (Å²) in [7, 11) is 2.87. The fourth-order valence-electron chi connectivity index (χ4n) is 16.8. The summed E-state index contributed by atoms with van der Waals surface area (Å²) in [5, 5.41) is 28.9. The number of alkyl halides is 4. The molecule has 18 heterocycles. The van der Waals surface area contributed by atoms with Crippen LogP contribution in [-0.2, 0) is 0 Å². The van der Waals surface area contributed by atoms with Gasteiger partial charge in [0.25, 0.3) is 27.8 Å². The smallest absolute Gasteiger partial charge is 0.387 e. The van der Waals surface area contributed by atoms with Crippen molar-refractivity contribution in [3.63, 3.8) is 0 Å². The van der Waals surface area contributed by atoms with E-state index in [-0.39, 0.29) is 45.0 Å². The van der Waals surface area contributed by atoms with Gasteiger partial charge in [-0.3, -0.25) is 46.0 Å². The number of halogens is 5. The Morgan fingerprint density at radius 1 is 0.333 bits per heavy atom. The number of aromatic nitrogens is 13. The number of pyridine rings is 6. The van der Waals surface area contributed by atoms with Crippen LogP contribution in [-0.4, -0.2) is 225 Å². The summed E-state index contributed by atoms with van der Waals surface area (Å²) in [6, 6.07) is 52.9. The maximum Gasteiger partial charge on any atom is 0.387 e. The minimum Gasteiger partial charge on any atom is -0.504 e. The van der Waals surface area contributed by atoms with E-state index in [1.807, 2.05) is 122 Å². The summed E-state index contributed by atoms with van der Waals surface area (Å²) in [4.78, 5) is 108. The zero-order valence-corrected chi connectivity index (χ0v) is 74.2. The standard InChI is InChI=1S/C20H20F2N4O3.2C20H19N5O.C19H18F2N4O3.C18H18ClN5O2/c1-28-16-4-2-13(10-17(16)29-20(21)22)15-11-19(27)26-12-14(3-5-18(26)24-15)25-8-6-23-7-9-25;26-20-12-18(14-1-3-17-15(11-14)5-6-22-17)23-19-4-2-16(13-25(19)20)24-9-7-21-8-10-24;26-20-12-18(15-2-1-14-5-6-22-17(14)11-15)23-19-4-3-16(13-25(19)20)24-9-7-21-8-10-24;20-19(21)28-16-9-12(1-3-15(16)26)14-10-18(27)25-11-13(2-4-17(25)23-14)24-7-5-22-6-8-24;1-26-18-14(19)8-12(10-21-18)15-9-17(25)24-11-13(2-3-16(24)22-15)23-6-4-20-5-7-23/h2-5,10-12,20,23H,6-9H2,1H3;2*1-6,11-13,21-22H,7-10H2;1-4,9-11,19,22,26H,5-8H2;2-3,8-11,20H,4-7H2,1H3. The van der Waals surface area contributed by atoms with E-state index in [1.54, 1.807) is 68.2 Å². The molecule has 0 aliphatic carbocycles. The number of aromatic amines is 2. The molecule has 5 aliphatic heterocycles. The highest BCUT2D eigenvalue weighted by Gasteiger charge is 2.23. The average Bonchev–Trinajstić information content (AvgIpc) is 1.78. The zero-order valence-electron chi connectivity index (χ0n) is 73.4. The number of benzene rings is 4. The lowest BCUT2D eigenvalue weighted by molar-refractivity contribution is -0.0518. The maximum atomic E-state index is 12.7. The Hall–Kier alpha value is -15.3. The Labute approximate surface area is 772 Å². The Kier molecular flexibility index (Phi) is 27.3. The fourth-order valence-corrected chi connectivity index (χ4v) is 17.0. The van der Waals surface area contributed by atoms with Gasteiger partial charge in [-0.05, 0) is 139 Å². The molecule has 4 aromatic carbocycles. The quantitative estimate of drug-likeness (QED) is 0.0417. The lowest BCUT2D eigenvalue weighted by Crippen LogP contribution is -2.43. The average molecular weight is 1850 g/mol. The maximum absolute atomic E-state index is 12.7. The minimum atomic E-state index is -3.07. The van der Waals surface area contributed by atoms with Gasteiger partial charge in [0.05, 0.1) is 71.1 Å². The highest BCUT2D eigenvalue weighted by molar-refractivity contribution is 6.32. The number of methoxy groups -OCH3 is 2. The van der Waals surface area contributed by atoms with E-state index in [9.17, 15) is 46.6 Å². The number of hydrogen-bond acceptors (Lipinski definition) is 26. The van der Waals surface area contributed by atoms with Crippen LogP contribution < -0.4 is 97.8 Å². The van der Waals surface area contributed by atoms with E-state index in [1.165, 1.54) is 71.6 Å². The number of aromatic hydroxyl groups is 1. The number of anilines is 5. The topological polar surface area (TPSA) is 350 Å². The summed E-state index contributed by atoms with van der Waals surface area (Å²) in [5.41, 5.74) is 15.2. The number of H-pyrrole nitrogens is 2. The first-order valence-electron chi connectivity index (χ1n) is 44.0. The second-order valence-corrected chi connectivity index (χ2v) is 32.6. The third-order valence-electron chi connectivity index (χ3n) is 23.8. The number of hydrogen-bond donors (Lipinski definition) is 8. The van der Waals surface area contributed by atoms with Gasteiger partial charge in [-0.25, -0.2) is 29.9 Å². The molecule has 5 aliphatic rings. The Morgan fingerprint density at radius 2 is 0.659 bits per heavy atom. The second kappa shape index (κ2) is 40.8. The molecule has 135 heavy (non-hydrogen) atoms. The van der Waals surface area contributed by atoms with Crippen LogP contribution in [0.25, 0.3) is 106 Å². The summed E-state index contributed by atoms with van der Waals surface area (Å²) in [6.45, 7) is 12.3. The van der Waals surface area contributed by atoms with Gasteiger partial charge in [-0.15, -0.1) is 0 Å². The molecule has 692 valence electrons. The van der Waals surface area contributed by atoms with E-state index in [0.29, 0.717) is 84.3 Å². The molecule has 17 aromatic rings. The number of nitrogens with one attached hydrogen (secondary N) is 7. The second-order valence-electron chi connectivity index (χ2n) is 32.2. The van der Waals surface area contributed by atoms with Gasteiger partial charge < -0.3 is 85.1 Å². The van der Waals surface area contributed by atoms with Crippen LogP contribution in [0.1, 0.15) is 0 Å². The van der Waals surface area contributed by atoms with Gasteiger partial charge in [0, 0.05) is 255 Å². The number of ether oxygens (including phenoxy) is 4. The summed E-state index contributed by atoms with van der Waals surface area (Å²) < 4.78 is 77.0. The van der Waals surface area contributed by atoms with Gasteiger partial charge in [0.15, 0.2) is 23.0 Å². The minimum absolute atomic E-state index is 0.0591. The SMILES string of the molecule is COc1ccc(-c2cc(=O)n3cc(N4CCNCC4)ccc3n2)cc1OC(F)F.COc1ncc(-c2cc(=O)n3cc(N4CCNCC4)ccc3n2)cc1Cl.O=c1cc(-c2ccc(O)c(OC(F)F)c2)nc2ccc(N3CCNCC3)cn12.O=c1cc(-c2ccc3[nH]ccc3c2)nc2ccc(N3CCNCC3)cn12.O=c1cc(-c2ccc3cc[nH]c3c2)nc2ccc(N3CCNCC3)cn12. The predicted octanol–water partition coefficient (Wildman–Crippen LogP) is 10.8. The highest BCUT2D eigenvalue weighted by Crippen LogP contribution is 2.36. The van der Waals surface area contributed by atoms with E-state index >= 15 is 0 Å². The van der Waals surface area contributed by atoms with Crippen LogP contribution in [0.15, 0.2) is 256 Å². The van der Waals surface area contributed by atoms with Crippen LogP contribution in [0, 0.1) is 0 Å². The highest BCUT2D eigenvalue weighted by atomic mass is 35.5.